The van der Waals surface area contributed by atoms with Crippen LogP contribution in [-0.4, -0.2) is 29.6 Å². The van der Waals surface area contributed by atoms with Crippen molar-refractivity contribution < 1.29 is 0 Å². The molecule has 1 atom stereocenters. The molecule has 0 aromatic carbocycles. The molecule has 2 nitrogen and oxygen atoms in total. The Bertz CT molecular complexity index is 273. The van der Waals surface area contributed by atoms with Crippen molar-refractivity contribution in [1.29, 1.82) is 0 Å². The van der Waals surface area contributed by atoms with Crippen LogP contribution in [0.2, 0.25) is 0 Å². The first-order valence-corrected chi connectivity index (χ1v) is 7.62. The van der Waals surface area contributed by atoms with E-state index in [-0.39, 0.29) is 0 Å². The molecule has 0 saturated heterocycles. The zero-order valence-corrected chi connectivity index (χ0v) is 11.4. The smallest absolute Gasteiger partial charge is 0.0797 e. The van der Waals surface area contributed by atoms with Gasteiger partial charge in [-0.1, -0.05) is 0 Å². The first-order chi connectivity index (χ1) is 7.24. The Morgan fingerprint density at radius 3 is 3.00 bits per heavy atom. The molecule has 1 aromatic rings. The zero-order chi connectivity index (χ0) is 11.1. The monoisotopic (exact) mass is 244 g/mol. The highest BCUT2D eigenvalue weighted by Crippen LogP contribution is 2.12. The van der Waals surface area contributed by atoms with Gasteiger partial charge in [0.15, 0.2) is 0 Å². The summed E-state index contributed by atoms with van der Waals surface area (Å²) in [5.41, 5.74) is 3.13. The highest BCUT2D eigenvalue weighted by Gasteiger charge is 2.03. The van der Waals surface area contributed by atoms with Gasteiger partial charge in [-0.05, 0) is 38.7 Å². The quantitative estimate of drug-likeness (QED) is 0.798. The van der Waals surface area contributed by atoms with E-state index in [0.29, 0.717) is 6.04 Å². The summed E-state index contributed by atoms with van der Waals surface area (Å²) in [4.78, 5) is 5.67. The van der Waals surface area contributed by atoms with Crippen LogP contribution in [0.5, 0.6) is 0 Å². The van der Waals surface area contributed by atoms with Crippen LogP contribution < -0.4 is 5.32 Å². The Kier molecular flexibility index (Phi) is 6.29. The van der Waals surface area contributed by atoms with Gasteiger partial charge in [-0.25, -0.2) is 4.98 Å². The molecule has 0 aliphatic carbocycles. The van der Waals surface area contributed by atoms with Gasteiger partial charge >= 0.3 is 0 Å². The molecule has 15 heavy (non-hydrogen) atoms. The third-order valence-corrected chi connectivity index (χ3v) is 4.08. The second-order valence-electron chi connectivity index (χ2n) is 3.75. The molecule has 0 saturated carbocycles. The van der Waals surface area contributed by atoms with E-state index < -0.39 is 0 Å². The van der Waals surface area contributed by atoms with E-state index in [2.05, 4.69) is 30.4 Å². The molecule has 0 aliphatic heterocycles. The average Bonchev–Trinajstić information content (AvgIpc) is 2.61. The number of hydrogen-bond acceptors (Lipinski definition) is 4. The van der Waals surface area contributed by atoms with Crippen LogP contribution in [0.3, 0.4) is 0 Å². The molecule has 0 bridgehead atoms. The summed E-state index contributed by atoms with van der Waals surface area (Å²) in [7, 11) is 0. The topological polar surface area (TPSA) is 24.9 Å². The Hall–Kier alpha value is -0.0600. The van der Waals surface area contributed by atoms with Gasteiger partial charge in [0, 0.05) is 17.5 Å². The lowest BCUT2D eigenvalue weighted by atomic mass is 10.2. The fraction of sp³-hybridized carbons (Fsp3) is 0.727. The van der Waals surface area contributed by atoms with Crippen molar-refractivity contribution in [2.24, 2.45) is 0 Å². The van der Waals surface area contributed by atoms with Crippen molar-refractivity contribution in [2.45, 2.75) is 32.7 Å². The maximum atomic E-state index is 4.25. The van der Waals surface area contributed by atoms with Crippen molar-refractivity contribution in [3.8, 4) is 0 Å². The molecule has 1 heterocycles. The Balaban J connectivity index is 2.13. The first kappa shape index (κ1) is 13.0. The molecule has 1 N–H and O–H groups in total. The van der Waals surface area contributed by atoms with Gasteiger partial charge in [0.1, 0.15) is 0 Å². The van der Waals surface area contributed by atoms with E-state index in [0.717, 1.165) is 13.0 Å². The van der Waals surface area contributed by atoms with Gasteiger partial charge < -0.3 is 5.32 Å². The number of aryl methyl sites for hydroxylation is 1. The highest BCUT2D eigenvalue weighted by atomic mass is 32.2. The molecular formula is C11H20N2S2. The summed E-state index contributed by atoms with van der Waals surface area (Å²) in [5.74, 6) is 1.24. The van der Waals surface area contributed by atoms with Gasteiger partial charge in [0.05, 0.1) is 11.2 Å². The number of thiazole rings is 1. The van der Waals surface area contributed by atoms with E-state index in [1.54, 1.807) is 11.3 Å². The van der Waals surface area contributed by atoms with Crippen LogP contribution in [0.15, 0.2) is 5.51 Å². The average molecular weight is 244 g/mol. The molecule has 0 spiro atoms. The fourth-order valence-corrected chi connectivity index (χ4v) is 2.77. The van der Waals surface area contributed by atoms with E-state index in [1.165, 1.54) is 22.7 Å². The molecule has 0 radical (unpaired) electrons. The molecule has 0 amide bonds. The predicted octanol–water partition coefficient (Wildman–Crippen LogP) is 2.73. The van der Waals surface area contributed by atoms with Gasteiger partial charge in [-0.15, -0.1) is 11.3 Å². The van der Waals surface area contributed by atoms with Crippen molar-refractivity contribution in [1.82, 2.24) is 10.3 Å². The van der Waals surface area contributed by atoms with Gasteiger partial charge in [0.2, 0.25) is 0 Å². The zero-order valence-electron chi connectivity index (χ0n) is 9.75. The first-order valence-electron chi connectivity index (χ1n) is 5.35. The lowest BCUT2D eigenvalue weighted by Gasteiger charge is -2.12. The minimum absolute atomic E-state index is 0.630. The van der Waals surface area contributed by atoms with Crippen molar-refractivity contribution in [3.05, 3.63) is 16.1 Å². The van der Waals surface area contributed by atoms with Crippen LogP contribution in [0.25, 0.3) is 0 Å². The van der Waals surface area contributed by atoms with Crippen molar-refractivity contribution in [3.63, 3.8) is 0 Å². The number of thioether (sulfide) groups is 1. The number of rotatable bonds is 7. The van der Waals surface area contributed by atoms with E-state index >= 15 is 0 Å². The fourth-order valence-electron chi connectivity index (χ4n) is 1.39. The third kappa shape index (κ3) is 5.00. The number of hydrogen-bond donors (Lipinski definition) is 1. The van der Waals surface area contributed by atoms with Crippen molar-refractivity contribution >= 4 is 23.1 Å². The number of nitrogens with one attached hydrogen (secondary N) is 1. The third-order valence-electron chi connectivity index (χ3n) is 2.44. The summed E-state index contributed by atoms with van der Waals surface area (Å²) in [6, 6.07) is 0.630. The lowest BCUT2D eigenvalue weighted by molar-refractivity contribution is 0.541. The van der Waals surface area contributed by atoms with Crippen LogP contribution in [0, 0.1) is 6.92 Å². The molecule has 1 aromatic heterocycles. The second kappa shape index (κ2) is 7.25. The molecule has 0 aliphatic rings. The molecule has 4 heteroatoms. The van der Waals surface area contributed by atoms with Gasteiger partial charge in [-0.2, -0.15) is 11.8 Å². The van der Waals surface area contributed by atoms with Crippen LogP contribution >= 0.6 is 23.1 Å². The van der Waals surface area contributed by atoms with E-state index in [4.69, 9.17) is 0 Å². The van der Waals surface area contributed by atoms with Crippen LogP contribution in [0.4, 0.5) is 0 Å². The summed E-state index contributed by atoms with van der Waals surface area (Å²) in [5, 5.41) is 3.55. The summed E-state index contributed by atoms with van der Waals surface area (Å²) in [6.45, 7) is 5.41. The van der Waals surface area contributed by atoms with Crippen LogP contribution in [-0.2, 0) is 6.42 Å². The van der Waals surface area contributed by atoms with Crippen LogP contribution in [0.1, 0.15) is 23.9 Å². The molecule has 1 rings (SSSR count). The number of aromatic nitrogens is 1. The summed E-state index contributed by atoms with van der Waals surface area (Å²) >= 11 is 3.68. The minimum atomic E-state index is 0.630. The molecular weight excluding hydrogens is 224 g/mol. The largest absolute Gasteiger partial charge is 0.314 e. The van der Waals surface area contributed by atoms with E-state index in [9.17, 15) is 0 Å². The normalized spacial score (nSPS) is 13.0. The van der Waals surface area contributed by atoms with Gasteiger partial charge in [-0.3, -0.25) is 0 Å². The Labute approximate surface area is 101 Å². The Morgan fingerprint density at radius 1 is 1.60 bits per heavy atom. The Morgan fingerprint density at radius 2 is 2.40 bits per heavy atom. The minimum Gasteiger partial charge on any atom is -0.314 e. The van der Waals surface area contributed by atoms with E-state index in [1.807, 2.05) is 17.3 Å². The summed E-state index contributed by atoms with van der Waals surface area (Å²) in [6.07, 6.45) is 4.52. The van der Waals surface area contributed by atoms with Gasteiger partial charge in [0.25, 0.3) is 0 Å². The second-order valence-corrected chi connectivity index (χ2v) is 5.67. The summed E-state index contributed by atoms with van der Waals surface area (Å²) < 4.78 is 0. The highest BCUT2D eigenvalue weighted by molar-refractivity contribution is 7.98. The maximum Gasteiger partial charge on any atom is 0.0797 e. The maximum absolute atomic E-state index is 4.25. The standard InChI is InChI=1S/C11H20N2S2/c1-9(5-7-14-3)12-6-4-11-10(2)13-8-15-11/h8-9,12H,4-7H2,1-3H3. The molecule has 86 valence electrons. The predicted molar refractivity (Wildman–Crippen MR) is 71.0 cm³/mol. The lowest BCUT2D eigenvalue weighted by Crippen LogP contribution is -2.28. The molecule has 0 fully saturated rings. The van der Waals surface area contributed by atoms with Crippen molar-refractivity contribution in [2.75, 3.05) is 18.6 Å². The SMILES string of the molecule is CSCCC(C)NCCc1scnc1C. The number of nitrogens with zero attached hydrogens (tertiary/aromatic N) is 1. The molecule has 1 unspecified atom stereocenters.